The first kappa shape index (κ1) is 13.5. The molecule has 0 fully saturated rings. The second-order valence-electron chi connectivity index (χ2n) is 3.99. The van der Waals surface area contributed by atoms with Crippen molar-refractivity contribution in [3.63, 3.8) is 0 Å². The highest BCUT2D eigenvalue weighted by atomic mass is 32.2. The number of hydrogen-bond donors (Lipinski definition) is 1. The van der Waals surface area contributed by atoms with E-state index in [2.05, 4.69) is 4.98 Å². The first-order chi connectivity index (χ1) is 9.02. The maximum Gasteiger partial charge on any atom is 0.238 e. The van der Waals surface area contributed by atoms with Crippen LogP contribution in [0.25, 0.3) is 0 Å². The van der Waals surface area contributed by atoms with Crippen molar-refractivity contribution in [2.24, 2.45) is 5.73 Å². The Hall–Kier alpha value is -1.92. The molecule has 1 heterocycles. The van der Waals surface area contributed by atoms with Gasteiger partial charge in [-0.3, -0.25) is 0 Å². The summed E-state index contributed by atoms with van der Waals surface area (Å²) in [6.45, 7) is 0.303. The van der Waals surface area contributed by atoms with E-state index in [-0.39, 0.29) is 10.8 Å². The molecule has 0 bridgehead atoms. The number of aromatic nitrogens is 1. The Labute approximate surface area is 112 Å². The third-order valence-electron chi connectivity index (χ3n) is 2.53. The fraction of sp³-hybridized carbons (Fsp3) is 0.154. The normalized spacial score (nSPS) is 11.3. The van der Waals surface area contributed by atoms with Crippen LogP contribution in [0.2, 0.25) is 0 Å². The Morgan fingerprint density at radius 3 is 2.63 bits per heavy atom. The molecule has 0 aliphatic heterocycles. The van der Waals surface area contributed by atoms with E-state index >= 15 is 0 Å². The topological polar surface area (TPSA) is 82.3 Å². The second kappa shape index (κ2) is 5.38. The van der Waals surface area contributed by atoms with E-state index in [0.717, 1.165) is 11.8 Å². The van der Waals surface area contributed by atoms with Crippen molar-refractivity contribution in [1.82, 2.24) is 4.98 Å². The fourth-order valence-corrected chi connectivity index (χ4v) is 2.35. The van der Waals surface area contributed by atoms with Gasteiger partial charge in [0.25, 0.3) is 0 Å². The Kier molecular flexibility index (Phi) is 3.82. The monoisotopic (exact) mass is 278 g/mol. The maximum atomic E-state index is 11.7. The van der Waals surface area contributed by atoms with Gasteiger partial charge in [-0.05, 0) is 18.2 Å². The number of pyridine rings is 1. The van der Waals surface area contributed by atoms with Gasteiger partial charge >= 0.3 is 0 Å². The lowest BCUT2D eigenvalue weighted by Gasteiger charge is -2.11. The lowest BCUT2D eigenvalue weighted by atomic mass is 10.2. The molecule has 2 aromatic rings. The average Bonchev–Trinajstić information content (AvgIpc) is 2.39. The predicted molar refractivity (Wildman–Crippen MR) is 71.8 cm³/mol. The van der Waals surface area contributed by atoms with Crippen molar-refractivity contribution in [1.29, 1.82) is 0 Å². The number of nitrogens with two attached hydrogens (primary N) is 1. The molecule has 5 nitrogen and oxygen atoms in total. The second-order valence-corrected chi connectivity index (χ2v) is 5.98. The number of rotatable bonds is 4. The van der Waals surface area contributed by atoms with Crippen molar-refractivity contribution in [3.8, 4) is 11.6 Å². The molecular weight excluding hydrogens is 264 g/mol. The molecule has 0 atom stereocenters. The summed E-state index contributed by atoms with van der Waals surface area (Å²) >= 11 is 0. The predicted octanol–water partition coefficient (Wildman–Crippen LogP) is 1.74. The molecule has 2 rings (SSSR count). The summed E-state index contributed by atoms with van der Waals surface area (Å²) in [6.07, 6.45) is 2.60. The average molecular weight is 278 g/mol. The smallest absolute Gasteiger partial charge is 0.238 e. The minimum atomic E-state index is -3.39. The summed E-state index contributed by atoms with van der Waals surface area (Å²) in [5.74, 6) is 0.569. The number of benzene rings is 1. The van der Waals surface area contributed by atoms with E-state index in [9.17, 15) is 8.42 Å². The highest BCUT2D eigenvalue weighted by Crippen LogP contribution is 2.28. The molecule has 6 heteroatoms. The summed E-state index contributed by atoms with van der Waals surface area (Å²) in [5.41, 5.74) is 6.39. The zero-order chi connectivity index (χ0) is 13.9. The summed E-state index contributed by atoms with van der Waals surface area (Å²) in [7, 11) is -3.39. The molecular formula is C13H14N2O3S. The van der Waals surface area contributed by atoms with Crippen molar-refractivity contribution < 1.29 is 13.2 Å². The molecule has 2 N–H and O–H groups in total. The maximum absolute atomic E-state index is 11.7. The van der Waals surface area contributed by atoms with E-state index in [4.69, 9.17) is 10.5 Å². The Morgan fingerprint density at radius 2 is 1.95 bits per heavy atom. The quantitative estimate of drug-likeness (QED) is 0.921. The van der Waals surface area contributed by atoms with Crippen LogP contribution in [0, 0.1) is 0 Å². The zero-order valence-electron chi connectivity index (χ0n) is 10.4. The summed E-state index contributed by atoms with van der Waals surface area (Å²) in [5, 5.41) is 0. The van der Waals surface area contributed by atoms with E-state index in [1.807, 2.05) is 12.1 Å². The van der Waals surface area contributed by atoms with Gasteiger partial charge < -0.3 is 10.5 Å². The van der Waals surface area contributed by atoms with Crippen LogP contribution >= 0.6 is 0 Å². The van der Waals surface area contributed by atoms with Gasteiger partial charge in [0.1, 0.15) is 10.6 Å². The number of nitrogens with zero attached hydrogens (tertiary/aromatic N) is 1. The van der Waals surface area contributed by atoms with Gasteiger partial charge in [-0.15, -0.1) is 0 Å². The van der Waals surface area contributed by atoms with Gasteiger partial charge in [-0.25, -0.2) is 13.4 Å². The lowest BCUT2D eigenvalue weighted by Crippen LogP contribution is -2.04. The molecule has 100 valence electrons. The minimum absolute atomic E-state index is 0.0572. The highest BCUT2D eigenvalue weighted by molar-refractivity contribution is 7.90. The largest absolute Gasteiger partial charge is 0.437 e. The van der Waals surface area contributed by atoms with E-state index < -0.39 is 9.84 Å². The van der Waals surface area contributed by atoms with Gasteiger partial charge in [0.15, 0.2) is 9.84 Å². The molecule has 0 aliphatic carbocycles. The molecule has 0 saturated heterocycles. The van der Waals surface area contributed by atoms with E-state index in [1.165, 1.54) is 12.3 Å². The standard InChI is InChI=1S/C13H14N2O3S/c1-19(16,17)12-7-4-8-15-13(12)18-11-6-3-2-5-10(11)9-14/h2-8H,9,14H2,1H3. The minimum Gasteiger partial charge on any atom is -0.437 e. The number of para-hydroxylation sites is 1. The van der Waals surface area contributed by atoms with Crippen LogP contribution in [0.1, 0.15) is 5.56 Å². The van der Waals surface area contributed by atoms with Gasteiger partial charge in [-0.2, -0.15) is 0 Å². The summed E-state index contributed by atoms with van der Waals surface area (Å²) in [6, 6.07) is 10.2. The SMILES string of the molecule is CS(=O)(=O)c1cccnc1Oc1ccccc1CN. The Balaban J connectivity index is 2.45. The summed E-state index contributed by atoms with van der Waals surface area (Å²) in [4.78, 5) is 4.03. The zero-order valence-corrected chi connectivity index (χ0v) is 11.2. The number of ether oxygens (including phenoxy) is 1. The van der Waals surface area contributed by atoms with Crippen LogP contribution in [0.15, 0.2) is 47.5 Å². The van der Waals surface area contributed by atoms with Crippen molar-refractivity contribution in [3.05, 3.63) is 48.2 Å². The molecule has 19 heavy (non-hydrogen) atoms. The first-order valence-electron chi connectivity index (χ1n) is 5.63. The van der Waals surface area contributed by atoms with Crippen molar-refractivity contribution >= 4 is 9.84 Å². The third-order valence-corrected chi connectivity index (χ3v) is 3.64. The molecule has 0 unspecified atom stereocenters. The molecule has 0 aliphatic rings. The van der Waals surface area contributed by atoms with Gasteiger partial charge in [-0.1, -0.05) is 18.2 Å². The van der Waals surface area contributed by atoms with Crippen molar-refractivity contribution in [2.45, 2.75) is 11.4 Å². The fourth-order valence-electron chi connectivity index (χ4n) is 1.61. The van der Waals surface area contributed by atoms with Crippen molar-refractivity contribution in [2.75, 3.05) is 6.26 Å². The van der Waals surface area contributed by atoms with E-state index in [0.29, 0.717) is 12.3 Å². The van der Waals surface area contributed by atoms with Crippen LogP contribution in [-0.2, 0) is 16.4 Å². The van der Waals surface area contributed by atoms with Crippen LogP contribution in [0.5, 0.6) is 11.6 Å². The molecule has 0 saturated carbocycles. The lowest BCUT2D eigenvalue weighted by molar-refractivity contribution is 0.442. The molecule has 1 aromatic carbocycles. The molecule has 1 aromatic heterocycles. The van der Waals surface area contributed by atoms with Crippen LogP contribution < -0.4 is 10.5 Å². The Morgan fingerprint density at radius 1 is 1.21 bits per heavy atom. The first-order valence-corrected chi connectivity index (χ1v) is 7.52. The highest BCUT2D eigenvalue weighted by Gasteiger charge is 2.16. The van der Waals surface area contributed by atoms with Crippen LogP contribution in [-0.4, -0.2) is 19.7 Å². The van der Waals surface area contributed by atoms with Gasteiger partial charge in [0, 0.05) is 24.6 Å². The van der Waals surface area contributed by atoms with Crippen LogP contribution in [0.4, 0.5) is 0 Å². The van der Waals surface area contributed by atoms with Gasteiger partial charge in [0.2, 0.25) is 5.88 Å². The molecule has 0 radical (unpaired) electrons. The van der Waals surface area contributed by atoms with Gasteiger partial charge in [0.05, 0.1) is 0 Å². The number of sulfone groups is 1. The third kappa shape index (κ3) is 3.10. The molecule has 0 amide bonds. The molecule has 0 spiro atoms. The Bertz CT molecular complexity index is 684. The summed E-state index contributed by atoms with van der Waals surface area (Å²) < 4.78 is 28.9. The van der Waals surface area contributed by atoms with E-state index in [1.54, 1.807) is 18.2 Å². The van der Waals surface area contributed by atoms with Crippen LogP contribution in [0.3, 0.4) is 0 Å². The number of hydrogen-bond acceptors (Lipinski definition) is 5.